The molecule has 4 heterocycles. The molecule has 2 aromatic heterocycles. The first kappa shape index (κ1) is 21.5. The molecule has 6 bridgehead atoms. The Labute approximate surface area is 193 Å². The van der Waals surface area contributed by atoms with Crippen LogP contribution in [0.1, 0.15) is 18.4 Å². The minimum absolute atomic E-state index is 0.396. The topological polar surface area (TPSA) is 81.9 Å². The first-order valence-electron chi connectivity index (χ1n) is 11.4. The average Bonchev–Trinajstić information content (AvgIpc) is 3.52. The van der Waals surface area contributed by atoms with E-state index in [2.05, 4.69) is 20.2 Å². The Morgan fingerprint density at radius 3 is 2.88 bits per heavy atom. The molecule has 8 heteroatoms. The van der Waals surface area contributed by atoms with E-state index < -0.39 is 0 Å². The third kappa shape index (κ3) is 5.71. The molecule has 1 N–H and O–H groups in total. The van der Waals surface area contributed by atoms with Crippen LogP contribution in [0.15, 0.2) is 59.2 Å². The molecule has 0 spiro atoms. The van der Waals surface area contributed by atoms with E-state index in [4.69, 9.17) is 18.6 Å². The largest absolute Gasteiger partial charge is 0.492 e. The Hall–Kier alpha value is -3.36. The standard InChI is InChI=1S/C25H28N4O4/c1-2-12-29(11-1)13-16-31-22-6-5-20-17-19(22)18-30-14-3-4-15-32-24-8-7-23(33-24)21-9-10-26-25(27-20)28-21/h3-10,17H,1-2,11-16,18H2,(H,26,27,28)/b4-3+. The van der Waals surface area contributed by atoms with Gasteiger partial charge >= 0.3 is 0 Å². The number of rotatable bonds is 4. The van der Waals surface area contributed by atoms with Crippen molar-refractivity contribution in [1.82, 2.24) is 14.9 Å². The Morgan fingerprint density at radius 2 is 1.94 bits per heavy atom. The molecule has 1 fully saturated rings. The van der Waals surface area contributed by atoms with Crippen LogP contribution in [0.25, 0.3) is 11.5 Å². The normalized spacial score (nSPS) is 17.6. The molecule has 2 aliphatic heterocycles. The van der Waals surface area contributed by atoms with E-state index in [9.17, 15) is 0 Å². The summed E-state index contributed by atoms with van der Waals surface area (Å²) < 4.78 is 23.4. The highest BCUT2D eigenvalue weighted by Crippen LogP contribution is 2.28. The van der Waals surface area contributed by atoms with Crippen molar-refractivity contribution in [2.24, 2.45) is 0 Å². The summed E-state index contributed by atoms with van der Waals surface area (Å²) in [6, 6.07) is 11.4. The Bertz CT molecular complexity index is 1090. The van der Waals surface area contributed by atoms with Crippen molar-refractivity contribution in [2.75, 3.05) is 44.8 Å². The molecule has 0 atom stereocenters. The molecular formula is C25H28N4O4. The minimum Gasteiger partial charge on any atom is -0.492 e. The first-order chi connectivity index (χ1) is 16.3. The maximum Gasteiger partial charge on any atom is 0.285 e. The van der Waals surface area contributed by atoms with Gasteiger partial charge in [-0.15, -0.1) is 0 Å². The van der Waals surface area contributed by atoms with E-state index in [0.29, 0.717) is 49.8 Å². The zero-order chi connectivity index (χ0) is 22.3. The second-order valence-corrected chi connectivity index (χ2v) is 8.03. The van der Waals surface area contributed by atoms with E-state index in [1.165, 1.54) is 12.8 Å². The summed E-state index contributed by atoms with van der Waals surface area (Å²) in [5, 5.41) is 3.28. The van der Waals surface area contributed by atoms with Gasteiger partial charge < -0.3 is 23.9 Å². The van der Waals surface area contributed by atoms with Crippen LogP contribution in [-0.4, -0.2) is 54.3 Å². The third-order valence-corrected chi connectivity index (χ3v) is 5.63. The van der Waals surface area contributed by atoms with Gasteiger partial charge in [0, 0.05) is 30.1 Å². The van der Waals surface area contributed by atoms with E-state index in [-0.39, 0.29) is 0 Å². The van der Waals surface area contributed by atoms with Crippen molar-refractivity contribution in [3.63, 3.8) is 0 Å². The summed E-state index contributed by atoms with van der Waals surface area (Å²) in [6.07, 6.45) is 8.11. The molecule has 8 nitrogen and oxygen atoms in total. The molecule has 0 unspecified atom stereocenters. The van der Waals surface area contributed by atoms with Crippen molar-refractivity contribution in [3.05, 3.63) is 60.3 Å². The number of furan rings is 1. The molecule has 0 aliphatic carbocycles. The third-order valence-electron chi connectivity index (χ3n) is 5.63. The fourth-order valence-electron chi connectivity index (χ4n) is 3.93. The van der Waals surface area contributed by atoms with Crippen LogP contribution in [0.3, 0.4) is 0 Å². The van der Waals surface area contributed by atoms with Gasteiger partial charge in [-0.25, -0.2) is 9.97 Å². The van der Waals surface area contributed by atoms with Gasteiger partial charge in [-0.05, 0) is 62.3 Å². The SMILES string of the molecule is C1=C/COc2ccc(o2)-c2ccnc(n2)Nc2ccc(OCCN3CCCC3)c(c2)COC/1. The maximum atomic E-state index is 6.13. The van der Waals surface area contributed by atoms with E-state index in [0.717, 1.165) is 36.6 Å². The maximum absolute atomic E-state index is 6.13. The fraction of sp³-hybridized carbons (Fsp3) is 0.360. The molecular weight excluding hydrogens is 420 g/mol. The molecule has 1 aromatic carbocycles. The highest BCUT2D eigenvalue weighted by Gasteiger charge is 2.13. The lowest BCUT2D eigenvalue weighted by Gasteiger charge is -2.17. The number of anilines is 2. The summed E-state index contributed by atoms with van der Waals surface area (Å²) in [5.41, 5.74) is 2.51. The number of hydrogen-bond donors (Lipinski definition) is 1. The van der Waals surface area contributed by atoms with Crippen molar-refractivity contribution in [1.29, 1.82) is 0 Å². The van der Waals surface area contributed by atoms with Crippen LogP contribution >= 0.6 is 0 Å². The number of fused-ring (bicyclic) bond motifs is 7. The second-order valence-electron chi connectivity index (χ2n) is 8.03. The number of benzene rings is 1. The lowest BCUT2D eigenvalue weighted by atomic mass is 10.2. The lowest BCUT2D eigenvalue weighted by Crippen LogP contribution is -2.25. The van der Waals surface area contributed by atoms with Gasteiger partial charge in [0.25, 0.3) is 5.95 Å². The van der Waals surface area contributed by atoms with Crippen LogP contribution in [-0.2, 0) is 11.3 Å². The van der Waals surface area contributed by atoms with Gasteiger partial charge in [0.05, 0.1) is 13.2 Å². The lowest BCUT2D eigenvalue weighted by molar-refractivity contribution is 0.144. The van der Waals surface area contributed by atoms with Gasteiger partial charge in [0.15, 0.2) is 5.76 Å². The molecule has 2 aliphatic rings. The zero-order valence-electron chi connectivity index (χ0n) is 18.5. The van der Waals surface area contributed by atoms with E-state index in [1.54, 1.807) is 18.3 Å². The smallest absolute Gasteiger partial charge is 0.285 e. The summed E-state index contributed by atoms with van der Waals surface area (Å²) in [7, 11) is 0. The highest BCUT2D eigenvalue weighted by atomic mass is 16.6. The fourth-order valence-corrected chi connectivity index (χ4v) is 3.93. The van der Waals surface area contributed by atoms with Gasteiger partial charge in [-0.1, -0.05) is 6.08 Å². The predicted octanol–water partition coefficient (Wildman–Crippen LogP) is 4.42. The van der Waals surface area contributed by atoms with Crippen molar-refractivity contribution in [2.45, 2.75) is 19.4 Å². The van der Waals surface area contributed by atoms with Crippen LogP contribution in [0.2, 0.25) is 0 Å². The minimum atomic E-state index is 0.396. The average molecular weight is 449 g/mol. The second kappa shape index (κ2) is 10.5. The summed E-state index contributed by atoms with van der Waals surface area (Å²) in [5.74, 6) is 2.37. The molecule has 0 amide bonds. The quantitative estimate of drug-likeness (QED) is 0.588. The Balaban J connectivity index is 1.36. The summed E-state index contributed by atoms with van der Waals surface area (Å²) in [4.78, 5) is 11.4. The van der Waals surface area contributed by atoms with Crippen molar-refractivity contribution in [3.8, 4) is 23.1 Å². The highest BCUT2D eigenvalue weighted by molar-refractivity contribution is 5.60. The molecule has 33 heavy (non-hydrogen) atoms. The van der Waals surface area contributed by atoms with Crippen LogP contribution in [0.4, 0.5) is 11.6 Å². The number of likely N-dealkylation sites (tertiary alicyclic amines) is 1. The Morgan fingerprint density at radius 1 is 1.03 bits per heavy atom. The number of hydrogen-bond acceptors (Lipinski definition) is 8. The van der Waals surface area contributed by atoms with Gasteiger partial charge in [-0.3, -0.25) is 4.90 Å². The molecule has 3 aromatic rings. The number of aromatic nitrogens is 2. The van der Waals surface area contributed by atoms with Crippen molar-refractivity contribution < 1.29 is 18.6 Å². The predicted molar refractivity (Wildman–Crippen MR) is 125 cm³/mol. The van der Waals surface area contributed by atoms with Crippen LogP contribution in [0.5, 0.6) is 11.7 Å². The van der Waals surface area contributed by atoms with E-state index >= 15 is 0 Å². The molecule has 0 saturated carbocycles. The summed E-state index contributed by atoms with van der Waals surface area (Å²) in [6.45, 7) is 5.23. The van der Waals surface area contributed by atoms with Crippen molar-refractivity contribution >= 4 is 11.6 Å². The van der Waals surface area contributed by atoms with Gasteiger partial charge in [0.2, 0.25) is 5.95 Å². The Kier molecular flexibility index (Phi) is 6.84. The first-order valence-corrected chi connectivity index (χ1v) is 11.4. The monoisotopic (exact) mass is 448 g/mol. The number of nitrogens with zero attached hydrogens (tertiary/aromatic N) is 3. The number of nitrogens with one attached hydrogen (secondary N) is 1. The molecule has 1 saturated heterocycles. The molecule has 0 radical (unpaired) electrons. The zero-order valence-corrected chi connectivity index (χ0v) is 18.5. The molecule has 172 valence electrons. The number of ether oxygens (including phenoxy) is 3. The van der Waals surface area contributed by atoms with Gasteiger partial charge in [-0.2, -0.15) is 0 Å². The summed E-state index contributed by atoms with van der Waals surface area (Å²) >= 11 is 0. The van der Waals surface area contributed by atoms with Crippen LogP contribution < -0.4 is 14.8 Å². The molecule has 5 rings (SSSR count). The van der Waals surface area contributed by atoms with Gasteiger partial charge in [0.1, 0.15) is 24.7 Å². The van der Waals surface area contributed by atoms with E-state index in [1.807, 2.05) is 36.4 Å². The van der Waals surface area contributed by atoms with Crippen LogP contribution in [0, 0.1) is 0 Å².